The molecule has 172 valence electrons. The Hall–Kier alpha value is -3.42. The number of carbonyl (C=O) groups is 2. The summed E-state index contributed by atoms with van der Waals surface area (Å²) in [6.07, 6.45) is -0.878. The van der Waals surface area contributed by atoms with Gasteiger partial charge in [-0.05, 0) is 37.3 Å². The first-order chi connectivity index (χ1) is 15.8. The molecule has 2 amide bonds. The summed E-state index contributed by atoms with van der Waals surface area (Å²) in [6.45, 7) is 1.58. The van der Waals surface area contributed by atoms with E-state index in [4.69, 9.17) is 37.4 Å². The lowest BCUT2D eigenvalue weighted by molar-refractivity contribution is -0.122. The number of hydrogen-bond donors (Lipinski definition) is 2. The molecule has 0 spiro atoms. The minimum atomic E-state index is -0.878. The number of amides is 2. The van der Waals surface area contributed by atoms with Crippen molar-refractivity contribution >= 4 is 46.4 Å². The molecule has 0 radical (unpaired) electrons. The lowest BCUT2D eigenvalue weighted by atomic mass is 10.2. The first kappa shape index (κ1) is 24.2. The average molecular weight is 489 g/mol. The standard InChI is InChI=1S/C24H22Cl2N2O5/c1-14(33-20-10-9-16(25)11-17(20)26)23(29)27-18-12-22(32-3)19(13-21(18)31-2)28-24(30)15-7-5-4-6-8-15/h4-14H,1-3H3,(H,27,29)(H,28,30). The van der Waals surface area contributed by atoms with Gasteiger partial charge in [0.25, 0.3) is 11.8 Å². The van der Waals surface area contributed by atoms with Gasteiger partial charge in [0.1, 0.15) is 17.2 Å². The molecule has 0 aliphatic heterocycles. The Kier molecular flexibility index (Phi) is 8.03. The minimum Gasteiger partial charge on any atom is -0.494 e. The molecule has 2 N–H and O–H groups in total. The molecule has 0 fully saturated rings. The molecule has 3 aromatic rings. The number of nitrogens with one attached hydrogen (secondary N) is 2. The normalized spacial score (nSPS) is 11.3. The van der Waals surface area contributed by atoms with Gasteiger partial charge in [0.15, 0.2) is 6.10 Å². The van der Waals surface area contributed by atoms with E-state index in [1.165, 1.54) is 20.3 Å². The van der Waals surface area contributed by atoms with Crippen molar-refractivity contribution in [1.82, 2.24) is 0 Å². The zero-order valence-corrected chi connectivity index (χ0v) is 19.7. The third-order valence-electron chi connectivity index (χ3n) is 4.63. The summed E-state index contributed by atoms with van der Waals surface area (Å²) in [5.74, 6) is 0.234. The molecular formula is C24H22Cl2N2O5. The average Bonchev–Trinajstić information content (AvgIpc) is 2.81. The molecular weight excluding hydrogens is 467 g/mol. The van der Waals surface area contributed by atoms with E-state index < -0.39 is 12.0 Å². The maximum absolute atomic E-state index is 12.7. The third kappa shape index (κ3) is 6.09. The van der Waals surface area contributed by atoms with Gasteiger partial charge in [-0.15, -0.1) is 0 Å². The lowest BCUT2D eigenvalue weighted by Gasteiger charge is -2.19. The van der Waals surface area contributed by atoms with Gasteiger partial charge in [-0.2, -0.15) is 0 Å². The molecule has 0 aliphatic carbocycles. The largest absolute Gasteiger partial charge is 0.494 e. The number of methoxy groups -OCH3 is 2. The van der Waals surface area contributed by atoms with E-state index in [0.717, 1.165) is 0 Å². The highest BCUT2D eigenvalue weighted by atomic mass is 35.5. The van der Waals surface area contributed by atoms with E-state index in [-0.39, 0.29) is 5.91 Å². The summed E-state index contributed by atoms with van der Waals surface area (Å²) in [6, 6.07) is 16.6. The van der Waals surface area contributed by atoms with Crippen LogP contribution in [0.1, 0.15) is 17.3 Å². The van der Waals surface area contributed by atoms with E-state index in [2.05, 4.69) is 10.6 Å². The maximum atomic E-state index is 12.7. The number of rotatable bonds is 8. The van der Waals surface area contributed by atoms with Gasteiger partial charge < -0.3 is 24.8 Å². The lowest BCUT2D eigenvalue weighted by Crippen LogP contribution is -2.30. The van der Waals surface area contributed by atoms with E-state index in [1.807, 2.05) is 6.07 Å². The Morgan fingerprint density at radius 3 is 2.00 bits per heavy atom. The Bertz CT molecular complexity index is 1160. The highest BCUT2D eigenvalue weighted by Crippen LogP contribution is 2.37. The summed E-state index contributed by atoms with van der Waals surface area (Å²) < 4.78 is 16.5. The summed E-state index contributed by atoms with van der Waals surface area (Å²) in [5, 5.41) is 6.29. The molecule has 9 heteroatoms. The monoisotopic (exact) mass is 488 g/mol. The van der Waals surface area contributed by atoms with Crippen molar-refractivity contribution in [3.05, 3.63) is 76.3 Å². The number of carbonyl (C=O) groups excluding carboxylic acids is 2. The zero-order chi connectivity index (χ0) is 24.0. The highest BCUT2D eigenvalue weighted by molar-refractivity contribution is 6.35. The van der Waals surface area contributed by atoms with E-state index in [9.17, 15) is 9.59 Å². The summed E-state index contributed by atoms with van der Waals surface area (Å²) in [7, 11) is 2.91. The fraction of sp³-hybridized carbons (Fsp3) is 0.167. The number of ether oxygens (including phenoxy) is 3. The van der Waals surface area contributed by atoms with Crippen LogP contribution in [-0.2, 0) is 4.79 Å². The highest BCUT2D eigenvalue weighted by Gasteiger charge is 2.20. The van der Waals surface area contributed by atoms with Crippen LogP contribution in [0.4, 0.5) is 11.4 Å². The predicted octanol–water partition coefficient (Wildman–Crippen LogP) is 5.67. The van der Waals surface area contributed by atoms with Crippen LogP contribution in [0, 0.1) is 0 Å². The number of benzene rings is 3. The fourth-order valence-corrected chi connectivity index (χ4v) is 3.38. The second-order valence-corrected chi connectivity index (χ2v) is 7.74. The molecule has 0 bridgehead atoms. The number of halogens is 2. The van der Waals surface area contributed by atoms with Crippen LogP contribution >= 0.6 is 23.2 Å². The van der Waals surface area contributed by atoms with E-state index >= 15 is 0 Å². The van der Waals surface area contributed by atoms with Gasteiger partial charge >= 0.3 is 0 Å². The van der Waals surface area contributed by atoms with Crippen LogP contribution < -0.4 is 24.8 Å². The number of anilines is 2. The van der Waals surface area contributed by atoms with E-state index in [1.54, 1.807) is 55.5 Å². The van der Waals surface area contributed by atoms with Crippen LogP contribution in [0.25, 0.3) is 0 Å². The van der Waals surface area contributed by atoms with Crippen LogP contribution in [-0.4, -0.2) is 32.1 Å². The molecule has 1 unspecified atom stereocenters. The van der Waals surface area contributed by atoms with Gasteiger partial charge in [-0.1, -0.05) is 41.4 Å². The van der Waals surface area contributed by atoms with Crippen molar-refractivity contribution in [3.63, 3.8) is 0 Å². The predicted molar refractivity (Wildman–Crippen MR) is 129 cm³/mol. The molecule has 3 aromatic carbocycles. The molecule has 1 atom stereocenters. The fourth-order valence-electron chi connectivity index (χ4n) is 2.93. The summed E-state index contributed by atoms with van der Waals surface area (Å²) in [5.41, 5.74) is 1.22. The molecule has 0 aromatic heterocycles. The Labute approximate surface area is 201 Å². The van der Waals surface area contributed by atoms with Crippen molar-refractivity contribution in [2.75, 3.05) is 24.9 Å². The van der Waals surface area contributed by atoms with Gasteiger partial charge in [0.2, 0.25) is 0 Å². The van der Waals surface area contributed by atoms with Crippen molar-refractivity contribution in [3.8, 4) is 17.2 Å². The van der Waals surface area contributed by atoms with Crippen LogP contribution in [0.15, 0.2) is 60.7 Å². The number of hydrogen-bond acceptors (Lipinski definition) is 5. The van der Waals surface area contributed by atoms with Crippen molar-refractivity contribution in [2.24, 2.45) is 0 Å². The maximum Gasteiger partial charge on any atom is 0.265 e. The molecule has 7 nitrogen and oxygen atoms in total. The van der Waals surface area contributed by atoms with Crippen LogP contribution in [0.5, 0.6) is 17.2 Å². The molecule has 0 saturated heterocycles. The smallest absolute Gasteiger partial charge is 0.265 e. The van der Waals surface area contributed by atoms with E-state index in [0.29, 0.717) is 44.2 Å². The molecule has 3 rings (SSSR count). The Morgan fingerprint density at radius 1 is 0.818 bits per heavy atom. The van der Waals surface area contributed by atoms with Crippen molar-refractivity contribution in [1.29, 1.82) is 0 Å². The molecule has 33 heavy (non-hydrogen) atoms. The first-order valence-electron chi connectivity index (χ1n) is 9.87. The van der Waals surface area contributed by atoms with Gasteiger partial charge in [0, 0.05) is 22.7 Å². The van der Waals surface area contributed by atoms with Crippen molar-refractivity contribution in [2.45, 2.75) is 13.0 Å². The topological polar surface area (TPSA) is 85.9 Å². The minimum absolute atomic E-state index is 0.292. The molecule has 0 heterocycles. The van der Waals surface area contributed by atoms with Crippen LogP contribution in [0.3, 0.4) is 0 Å². The first-order valence-corrected chi connectivity index (χ1v) is 10.6. The summed E-state index contributed by atoms with van der Waals surface area (Å²) in [4.78, 5) is 25.3. The quantitative estimate of drug-likeness (QED) is 0.426. The van der Waals surface area contributed by atoms with Gasteiger partial charge in [-0.25, -0.2) is 0 Å². The SMILES string of the molecule is COc1cc(NC(=O)C(C)Oc2ccc(Cl)cc2Cl)c(OC)cc1NC(=O)c1ccccc1. The third-order valence-corrected chi connectivity index (χ3v) is 5.16. The Morgan fingerprint density at radius 2 is 1.42 bits per heavy atom. The Balaban J connectivity index is 1.78. The van der Waals surface area contributed by atoms with Crippen LogP contribution in [0.2, 0.25) is 10.0 Å². The second-order valence-electron chi connectivity index (χ2n) is 6.90. The van der Waals surface area contributed by atoms with Crippen molar-refractivity contribution < 1.29 is 23.8 Å². The second kappa shape index (κ2) is 10.9. The van der Waals surface area contributed by atoms with Gasteiger partial charge in [0.05, 0.1) is 30.6 Å². The molecule has 0 aliphatic rings. The van der Waals surface area contributed by atoms with Gasteiger partial charge in [-0.3, -0.25) is 9.59 Å². The zero-order valence-electron chi connectivity index (χ0n) is 18.1. The molecule has 0 saturated carbocycles. The summed E-state index contributed by atoms with van der Waals surface area (Å²) >= 11 is 12.0.